The third-order valence-corrected chi connectivity index (χ3v) is 2.42. The van der Waals surface area contributed by atoms with Crippen molar-refractivity contribution < 1.29 is 4.79 Å². The number of nitrogens with zero attached hydrogens (tertiary/aromatic N) is 3. The van der Waals surface area contributed by atoms with E-state index in [4.69, 9.17) is 5.53 Å². The maximum atomic E-state index is 10.9. The lowest BCUT2D eigenvalue weighted by Gasteiger charge is -2.10. The standard InChI is InChI=1S/C12H15N3O/c1-9-3-6-11(7-4-9)12(14-15-13)8-5-10(2)16/h3-4,6-7,12H,5,8H2,1-2H3. The summed E-state index contributed by atoms with van der Waals surface area (Å²) in [6.45, 7) is 3.55. The molecule has 4 heteroatoms. The van der Waals surface area contributed by atoms with Crippen molar-refractivity contribution in [2.24, 2.45) is 5.11 Å². The van der Waals surface area contributed by atoms with Gasteiger partial charge in [-0.3, -0.25) is 0 Å². The molecular weight excluding hydrogens is 202 g/mol. The number of hydrogen-bond acceptors (Lipinski definition) is 2. The number of rotatable bonds is 5. The van der Waals surface area contributed by atoms with E-state index in [1.807, 2.05) is 31.2 Å². The molecule has 0 saturated heterocycles. The smallest absolute Gasteiger partial charge is 0.129 e. The lowest BCUT2D eigenvalue weighted by molar-refractivity contribution is -0.117. The van der Waals surface area contributed by atoms with Gasteiger partial charge in [0.15, 0.2) is 0 Å². The van der Waals surface area contributed by atoms with Crippen LogP contribution in [0.3, 0.4) is 0 Å². The molecular formula is C12H15N3O. The number of carbonyl (C=O) groups excluding carboxylic acids is 1. The number of benzene rings is 1. The summed E-state index contributed by atoms with van der Waals surface area (Å²) in [5.41, 5.74) is 10.6. The van der Waals surface area contributed by atoms with Crippen LogP contribution >= 0.6 is 0 Å². The minimum atomic E-state index is -0.241. The zero-order valence-corrected chi connectivity index (χ0v) is 9.55. The highest BCUT2D eigenvalue weighted by atomic mass is 16.1. The lowest BCUT2D eigenvalue weighted by Crippen LogP contribution is -1.98. The van der Waals surface area contributed by atoms with Gasteiger partial charge in [0.1, 0.15) is 5.78 Å². The maximum absolute atomic E-state index is 10.9. The van der Waals surface area contributed by atoms with Crippen molar-refractivity contribution in [3.63, 3.8) is 0 Å². The van der Waals surface area contributed by atoms with Crippen molar-refractivity contribution in [1.29, 1.82) is 0 Å². The van der Waals surface area contributed by atoms with Gasteiger partial charge in [0, 0.05) is 11.3 Å². The van der Waals surface area contributed by atoms with Crippen molar-refractivity contribution in [3.8, 4) is 0 Å². The Kier molecular flexibility index (Phi) is 4.55. The van der Waals surface area contributed by atoms with Gasteiger partial charge in [-0.25, -0.2) is 0 Å². The molecule has 16 heavy (non-hydrogen) atoms. The van der Waals surface area contributed by atoms with E-state index in [2.05, 4.69) is 10.0 Å². The molecule has 0 aromatic heterocycles. The Hall–Kier alpha value is -1.80. The number of hydrogen-bond donors (Lipinski definition) is 0. The average Bonchev–Trinajstić information content (AvgIpc) is 2.25. The van der Waals surface area contributed by atoms with Crippen LogP contribution in [0.5, 0.6) is 0 Å². The number of Topliss-reactive ketones (excluding diaryl/α,β-unsaturated/α-hetero) is 1. The molecule has 0 N–H and O–H groups in total. The van der Waals surface area contributed by atoms with E-state index >= 15 is 0 Å². The van der Waals surface area contributed by atoms with Gasteiger partial charge in [0.2, 0.25) is 0 Å². The van der Waals surface area contributed by atoms with Crippen LogP contribution in [0.25, 0.3) is 10.4 Å². The van der Waals surface area contributed by atoms with Gasteiger partial charge in [-0.05, 0) is 31.4 Å². The van der Waals surface area contributed by atoms with Crippen molar-refractivity contribution >= 4 is 5.78 Å². The van der Waals surface area contributed by atoms with E-state index in [0.29, 0.717) is 12.8 Å². The predicted octanol–water partition coefficient (Wildman–Crippen LogP) is 3.72. The van der Waals surface area contributed by atoms with Gasteiger partial charge in [-0.1, -0.05) is 34.9 Å². The predicted molar refractivity (Wildman–Crippen MR) is 63.0 cm³/mol. The first kappa shape index (κ1) is 12.3. The molecule has 0 aliphatic carbocycles. The molecule has 1 atom stereocenters. The van der Waals surface area contributed by atoms with Gasteiger partial charge < -0.3 is 4.79 Å². The van der Waals surface area contributed by atoms with Crippen molar-refractivity contribution in [1.82, 2.24) is 0 Å². The number of carbonyl (C=O) groups is 1. The van der Waals surface area contributed by atoms with Gasteiger partial charge in [0.25, 0.3) is 0 Å². The van der Waals surface area contributed by atoms with E-state index in [0.717, 1.165) is 11.1 Å². The fourth-order valence-corrected chi connectivity index (χ4v) is 1.48. The molecule has 0 heterocycles. The SMILES string of the molecule is CC(=O)CCC(N=[N+]=[N-])c1ccc(C)cc1. The van der Waals surface area contributed by atoms with Gasteiger partial charge in [-0.15, -0.1) is 0 Å². The highest BCUT2D eigenvalue weighted by Crippen LogP contribution is 2.23. The van der Waals surface area contributed by atoms with E-state index in [1.165, 1.54) is 0 Å². The van der Waals surface area contributed by atoms with E-state index in [9.17, 15) is 4.79 Å². The molecule has 1 aromatic rings. The van der Waals surface area contributed by atoms with E-state index in [1.54, 1.807) is 6.92 Å². The summed E-state index contributed by atoms with van der Waals surface area (Å²) in [7, 11) is 0. The lowest BCUT2D eigenvalue weighted by atomic mass is 10.0. The van der Waals surface area contributed by atoms with Crippen molar-refractivity contribution in [2.75, 3.05) is 0 Å². The van der Waals surface area contributed by atoms with Gasteiger partial charge >= 0.3 is 0 Å². The number of aryl methyl sites for hydroxylation is 1. The molecule has 0 saturated carbocycles. The maximum Gasteiger partial charge on any atom is 0.129 e. The quantitative estimate of drug-likeness (QED) is 0.421. The highest BCUT2D eigenvalue weighted by molar-refractivity contribution is 5.75. The number of azide groups is 1. The summed E-state index contributed by atoms with van der Waals surface area (Å²) in [4.78, 5) is 13.7. The Morgan fingerprint density at radius 3 is 2.56 bits per heavy atom. The first-order valence-electron chi connectivity index (χ1n) is 5.23. The topological polar surface area (TPSA) is 65.8 Å². The molecule has 1 aromatic carbocycles. The fraction of sp³-hybridized carbons (Fsp3) is 0.417. The molecule has 1 rings (SSSR count). The van der Waals surface area contributed by atoms with Crippen LogP contribution in [0.1, 0.15) is 36.9 Å². The van der Waals surface area contributed by atoms with Gasteiger partial charge in [-0.2, -0.15) is 0 Å². The minimum absolute atomic E-state index is 0.116. The number of ketones is 1. The first-order valence-corrected chi connectivity index (χ1v) is 5.23. The molecule has 1 unspecified atom stereocenters. The fourth-order valence-electron chi connectivity index (χ4n) is 1.48. The second-order valence-electron chi connectivity index (χ2n) is 3.87. The molecule has 0 spiro atoms. The molecule has 0 amide bonds. The molecule has 0 radical (unpaired) electrons. The average molecular weight is 217 g/mol. The first-order chi connectivity index (χ1) is 7.63. The van der Waals surface area contributed by atoms with Crippen LogP contribution in [-0.2, 0) is 4.79 Å². The summed E-state index contributed by atoms with van der Waals surface area (Å²) in [5, 5.41) is 3.72. The second-order valence-corrected chi connectivity index (χ2v) is 3.87. The third kappa shape index (κ3) is 3.75. The van der Waals surface area contributed by atoms with Crippen LogP contribution in [0, 0.1) is 6.92 Å². The van der Waals surface area contributed by atoms with Crippen molar-refractivity contribution in [2.45, 2.75) is 32.7 Å². The van der Waals surface area contributed by atoms with Crippen molar-refractivity contribution in [3.05, 3.63) is 45.8 Å². The van der Waals surface area contributed by atoms with E-state index < -0.39 is 0 Å². The normalized spacial score (nSPS) is 11.6. The Labute approximate surface area is 94.9 Å². The summed E-state index contributed by atoms with van der Waals surface area (Å²) >= 11 is 0. The summed E-state index contributed by atoms with van der Waals surface area (Å²) in [6.07, 6.45) is 1.01. The molecule has 0 aliphatic heterocycles. The van der Waals surface area contributed by atoms with Crippen LogP contribution in [-0.4, -0.2) is 5.78 Å². The monoisotopic (exact) mass is 217 g/mol. The third-order valence-electron chi connectivity index (χ3n) is 2.42. The molecule has 0 fully saturated rings. The Morgan fingerprint density at radius 2 is 2.06 bits per heavy atom. The zero-order chi connectivity index (χ0) is 12.0. The van der Waals surface area contributed by atoms with Gasteiger partial charge in [0.05, 0.1) is 6.04 Å². The summed E-state index contributed by atoms with van der Waals surface area (Å²) in [5.74, 6) is 0.116. The summed E-state index contributed by atoms with van der Waals surface area (Å²) in [6, 6.07) is 7.59. The van der Waals surface area contributed by atoms with Crippen LogP contribution in [0.4, 0.5) is 0 Å². The Bertz CT molecular complexity index is 405. The van der Waals surface area contributed by atoms with Crippen LogP contribution in [0.15, 0.2) is 29.4 Å². The largest absolute Gasteiger partial charge is 0.300 e. The molecule has 4 nitrogen and oxygen atoms in total. The molecule has 84 valence electrons. The second kappa shape index (κ2) is 5.93. The Balaban J connectivity index is 2.80. The molecule has 0 bridgehead atoms. The summed E-state index contributed by atoms with van der Waals surface area (Å²) < 4.78 is 0. The Morgan fingerprint density at radius 1 is 1.44 bits per heavy atom. The van der Waals surface area contributed by atoms with Crippen LogP contribution < -0.4 is 0 Å². The zero-order valence-electron chi connectivity index (χ0n) is 9.55. The molecule has 0 aliphatic rings. The minimum Gasteiger partial charge on any atom is -0.300 e. The van der Waals surface area contributed by atoms with Crippen LogP contribution in [0.2, 0.25) is 0 Å². The highest BCUT2D eigenvalue weighted by Gasteiger charge is 2.10. The van der Waals surface area contributed by atoms with E-state index in [-0.39, 0.29) is 11.8 Å².